The van der Waals surface area contributed by atoms with E-state index in [-0.39, 0.29) is 17.5 Å². The number of aryl methyl sites for hydroxylation is 2. The first kappa shape index (κ1) is 27.3. The van der Waals surface area contributed by atoms with E-state index < -0.39 is 0 Å². The fourth-order valence-corrected chi connectivity index (χ4v) is 4.91. The molecule has 1 aromatic heterocycles. The first-order chi connectivity index (χ1) is 19.5. The van der Waals surface area contributed by atoms with Gasteiger partial charge in [-0.25, -0.2) is 9.37 Å². The van der Waals surface area contributed by atoms with Crippen molar-refractivity contribution in [3.8, 4) is 11.5 Å². The normalized spacial score (nSPS) is 14.2. The number of nitrogens with zero attached hydrogens (tertiary/aromatic N) is 5. The van der Waals surface area contributed by atoms with Crippen LogP contribution in [0.5, 0.6) is 11.5 Å². The van der Waals surface area contributed by atoms with E-state index in [1.807, 2.05) is 41.9 Å². The van der Waals surface area contributed by atoms with Gasteiger partial charge in [-0.15, -0.1) is 0 Å². The van der Waals surface area contributed by atoms with Crippen molar-refractivity contribution in [2.75, 3.05) is 54.9 Å². The highest BCUT2D eigenvalue weighted by atomic mass is 19.1. The van der Waals surface area contributed by atoms with E-state index in [2.05, 4.69) is 44.1 Å². The summed E-state index contributed by atoms with van der Waals surface area (Å²) in [6.07, 6.45) is 4.98. The molecule has 9 heteroatoms. The number of hydrogen-bond donors (Lipinski definition) is 1. The maximum Gasteiger partial charge on any atom is 0.165 e. The fourth-order valence-electron chi connectivity index (χ4n) is 4.91. The third-order valence-electron chi connectivity index (χ3n) is 7.25. The summed E-state index contributed by atoms with van der Waals surface area (Å²) in [6, 6.07) is 21.4. The molecule has 0 bridgehead atoms. The number of nitrogens with two attached hydrogens (primary N) is 1. The minimum absolute atomic E-state index is 0.0883. The van der Waals surface area contributed by atoms with Crippen LogP contribution < -0.4 is 25.0 Å². The van der Waals surface area contributed by atoms with Crippen LogP contribution in [-0.4, -0.2) is 54.2 Å². The average molecular weight is 545 g/mol. The minimum Gasteiger partial charge on any atom is -0.493 e. The van der Waals surface area contributed by atoms with Crippen LogP contribution in [0.15, 0.2) is 79.4 Å². The third-order valence-corrected chi connectivity index (χ3v) is 7.25. The molecule has 4 aromatic rings. The van der Waals surface area contributed by atoms with Crippen molar-refractivity contribution in [2.45, 2.75) is 26.3 Å². The van der Waals surface area contributed by atoms with E-state index in [0.717, 1.165) is 62.6 Å². The molecular formula is C31H37FN6O2. The van der Waals surface area contributed by atoms with Gasteiger partial charge in [0.2, 0.25) is 0 Å². The highest BCUT2D eigenvalue weighted by molar-refractivity contribution is 5.55. The molecule has 1 atom stereocenters. The molecule has 0 aliphatic carbocycles. The van der Waals surface area contributed by atoms with Crippen LogP contribution in [0.4, 0.5) is 21.5 Å². The number of piperazine rings is 1. The lowest BCUT2D eigenvalue weighted by Crippen LogP contribution is -2.46. The summed E-state index contributed by atoms with van der Waals surface area (Å²) in [5.74, 6) is 0.831. The Morgan fingerprint density at radius 2 is 1.52 bits per heavy atom. The molecule has 2 N–H and O–H groups in total. The Bertz CT molecular complexity index is 1320. The van der Waals surface area contributed by atoms with Gasteiger partial charge in [0.15, 0.2) is 11.6 Å². The van der Waals surface area contributed by atoms with Crippen LogP contribution in [0, 0.1) is 18.7 Å². The van der Waals surface area contributed by atoms with Gasteiger partial charge >= 0.3 is 0 Å². The Morgan fingerprint density at radius 3 is 2.15 bits per heavy atom. The summed E-state index contributed by atoms with van der Waals surface area (Å²) in [6.45, 7) is 7.28. The summed E-state index contributed by atoms with van der Waals surface area (Å²) in [7, 11) is 0. The van der Waals surface area contributed by atoms with E-state index in [9.17, 15) is 4.39 Å². The first-order valence-corrected chi connectivity index (χ1v) is 13.8. The van der Waals surface area contributed by atoms with Crippen LogP contribution in [-0.2, 0) is 6.54 Å². The molecule has 0 saturated carbocycles. The molecule has 2 heterocycles. The summed E-state index contributed by atoms with van der Waals surface area (Å²) >= 11 is 0. The van der Waals surface area contributed by atoms with Gasteiger partial charge in [-0.2, -0.15) is 5.10 Å². The van der Waals surface area contributed by atoms with Gasteiger partial charge in [0.05, 0.1) is 13.2 Å². The summed E-state index contributed by atoms with van der Waals surface area (Å²) < 4.78 is 28.2. The highest BCUT2D eigenvalue weighted by Crippen LogP contribution is 2.25. The molecular weight excluding hydrogens is 507 g/mol. The molecule has 0 spiro atoms. The Labute approximate surface area is 235 Å². The molecule has 8 nitrogen and oxygen atoms in total. The Kier molecular flexibility index (Phi) is 9.00. The number of nitrogen functional groups attached to an aromatic ring is 1. The first-order valence-electron chi connectivity index (χ1n) is 13.8. The number of aromatic nitrogens is 3. The molecule has 0 amide bonds. The quantitative estimate of drug-likeness (QED) is 0.246. The van der Waals surface area contributed by atoms with Gasteiger partial charge < -0.3 is 25.0 Å². The monoisotopic (exact) mass is 544 g/mol. The van der Waals surface area contributed by atoms with Crippen molar-refractivity contribution in [1.82, 2.24) is 14.8 Å². The maximum atomic E-state index is 14.3. The highest BCUT2D eigenvalue weighted by Gasteiger charge is 2.18. The molecule has 5 rings (SSSR count). The second kappa shape index (κ2) is 13.2. The Balaban J connectivity index is 1.13. The van der Waals surface area contributed by atoms with Gasteiger partial charge in [-0.05, 0) is 86.0 Å². The van der Waals surface area contributed by atoms with Crippen molar-refractivity contribution < 1.29 is 13.9 Å². The fraction of sp³-hybridized carbons (Fsp3) is 0.355. The molecule has 1 aliphatic heterocycles. The predicted molar refractivity (Wildman–Crippen MR) is 157 cm³/mol. The zero-order valence-corrected chi connectivity index (χ0v) is 23.0. The van der Waals surface area contributed by atoms with Crippen LogP contribution in [0.2, 0.25) is 0 Å². The van der Waals surface area contributed by atoms with Crippen molar-refractivity contribution in [3.05, 3.63) is 90.8 Å². The van der Waals surface area contributed by atoms with Crippen molar-refractivity contribution in [2.24, 2.45) is 5.92 Å². The van der Waals surface area contributed by atoms with E-state index in [1.165, 1.54) is 23.8 Å². The summed E-state index contributed by atoms with van der Waals surface area (Å²) in [4.78, 5) is 8.79. The van der Waals surface area contributed by atoms with Crippen molar-refractivity contribution in [1.29, 1.82) is 0 Å². The van der Waals surface area contributed by atoms with Gasteiger partial charge in [0.25, 0.3) is 0 Å². The van der Waals surface area contributed by atoms with Crippen LogP contribution in [0.1, 0.15) is 18.4 Å². The maximum absolute atomic E-state index is 14.3. The lowest BCUT2D eigenvalue weighted by molar-refractivity contribution is 0.162. The number of anilines is 3. The molecule has 1 aliphatic rings. The second-order valence-electron chi connectivity index (χ2n) is 10.3. The largest absolute Gasteiger partial charge is 0.493 e. The number of benzene rings is 3. The average Bonchev–Trinajstić information content (AvgIpc) is 3.49. The van der Waals surface area contributed by atoms with E-state index in [0.29, 0.717) is 13.2 Å². The molecule has 40 heavy (non-hydrogen) atoms. The number of rotatable bonds is 12. The smallest absolute Gasteiger partial charge is 0.165 e. The van der Waals surface area contributed by atoms with E-state index in [4.69, 9.17) is 15.2 Å². The number of ether oxygens (including phenoxy) is 2. The Morgan fingerprint density at radius 1 is 0.875 bits per heavy atom. The molecule has 1 fully saturated rings. The minimum atomic E-state index is -0.341. The molecule has 0 radical (unpaired) electrons. The molecule has 3 aromatic carbocycles. The lowest BCUT2D eigenvalue weighted by Gasteiger charge is -2.37. The second-order valence-corrected chi connectivity index (χ2v) is 10.3. The van der Waals surface area contributed by atoms with Crippen LogP contribution >= 0.6 is 0 Å². The predicted octanol–water partition coefficient (Wildman–Crippen LogP) is 5.19. The van der Waals surface area contributed by atoms with Gasteiger partial charge in [-0.1, -0.05) is 6.07 Å². The zero-order chi connectivity index (χ0) is 27.7. The van der Waals surface area contributed by atoms with Crippen LogP contribution in [0.25, 0.3) is 0 Å². The Hall–Kier alpha value is -4.27. The lowest BCUT2D eigenvalue weighted by atomic mass is 10.1. The third kappa shape index (κ3) is 7.43. The zero-order valence-electron chi connectivity index (χ0n) is 23.0. The SMILES string of the molecule is Cc1ccc(OC[C@H](CCCn2cncn2)COc2ccc(N3CCN(c4ccc(N)cc4)CC3)cc2)c(F)c1. The standard InChI is InChI=1S/C31H37FN6O2/c1-24-4-13-31(30(32)19-24)40-21-25(3-2-14-38-23-34-22-35-38)20-39-29-11-9-28(10-12-29)37-17-15-36(16-18-37)27-7-5-26(33)6-8-27/h4-13,19,22-23,25H,2-3,14-18,20-21,33H2,1H3/t25-/m1/s1. The number of hydrogen-bond acceptors (Lipinski definition) is 7. The summed E-state index contributed by atoms with van der Waals surface area (Å²) in [5, 5.41) is 4.17. The molecule has 1 saturated heterocycles. The number of halogens is 1. The van der Waals surface area contributed by atoms with Gasteiger partial charge in [-0.3, -0.25) is 4.68 Å². The van der Waals surface area contributed by atoms with Crippen LogP contribution in [0.3, 0.4) is 0 Å². The van der Waals surface area contributed by atoms with Crippen molar-refractivity contribution in [3.63, 3.8) is 0 Å². The molecule has 0 unspecified atom stereocenters. The summed E-state index contributed by atoms with van der Waals surface area (Å²) in [5.41, 5.74) is 9.88. The topological polar surface area (TPSA) is 81.7 Å². The van der Waals surface area contributed by atoms with E-state index in [1.54, 1.807) is 12.4 Å². The van der Waals surface area contributed by atoms with Crippen molar-refractivity contribution >= 4 is 17.1 Å². The van der Waals surface area contributed by atoms with E-state index >= 15 is 0 Å². The van der Waals surface area contributed by atoms with Gasteiger partial charge in [0, 0.05) is 55.7 Å². The van der Waals surface area contributed by atoms with Gasteiger partial charge in [0.1, 0.15) is 18.4 Å². The molecule has 210 valence electrons.